The van der Waals surface area contributed by atoms with Gasteiger partial charge in [0, 0.05) is 23.6 Å². The Balaban J connectivity index is 1.63. The number of rotatable bonds is 4. The van der Waals surface area contributed by atoms with E-state index in [4.69, 9.17) is 19.3 Å². The van der Waals surface area contributed by atoms with E-state index in [0.717, 1.165) is 33.7 Å². The quantitative estimate of drug-likeness (QED) is 0.651. The molecule has 31 heavy (non-hydrogen) atoms. The van der Waals surface area contributed by atoms with E-state index in [2.05, 4.69) is 6.07 Å². The molecule has 158 valence electrons. The van der Waals surface area contributed by atoms with E-state index in [1.807, 2.05) is 60.5 Å². The molecule has 2 atom stereocenters. The Morgan fingerprint density at radius 2 is 1.84 bits per heavy atom. The summed E-state index contributed by atoms with van der Waals surface area (Å²) in [5.41, 5.74) is 4.61. The lowest BCUT2D eigenvalue weighted by molar-refractivity contribution is -0.0203. The molecule has 0 saturated heterocycles. The first-order valence-corrected chi connectivity index (χ1v) is 10.2. The van der Waals surface area contributed by atoms with Crippen LogP contribution in [0.1, 0.15) is 40.9 Å². The highest BCUT2D eigenvalue weighted by Crippen LogP contribution is 2.49. The second-order valence-corrected chi connectivity index (χ2v) is 7.78. The van der Waals surface area contributed by atoms with Gasteiger partial charge in [-0.25, -0.2) is 5.01 Å². The van der Waals surface area contributed by atoms with Crippen molar-refractivity contribution in [2.45, 2.75) is 25.6 Å². The highest BCUT2D eigenvalue weighted by atomic mass is 16.5. The van der Waals surface area contributed by atoms with Crippen LogP contribution in [0.15, 0.2) is 65.8 Å². The van der Waals surface area contributed by atoms with Crippen LogP contribution in [0.25, 0.3) is 0 Å². The van der Waals surface area contributed by atoms with Crippen LogP contribution >= 0.6 is 0 Å². The summed E-state index contributed by atoms with van der Waals surface area (Å²) in [6, 6.07) is 19.3. The van der Waals surface area contributed by atoms with Crippen molar-refractivity contribution >= 4 is 5.71 Å². The van der Waals surface area contributed by atoms with Gasteiger partial charge in [-0.05, 0) is 37.3 Å². The summed E-state index contributed by atoms with van der Waals surface area (Å²) in [6.45, 7) is 2.01. The Bertz CT molecular complexity index is 1170. The fourth-order valence-electron chi connectivity index (χ4n) is 4.31. The first kappa shape index (κ1) is 19.3. The summed E-state index contributed by atoms with van der Waals surface area (Å²) in [5.74, 6) is 2.45. The van der Waals surface area contributed by atoms with Crippen molar-refractivity contribution in [2.24, 2.45) is 5.10 Å². The van der Waals surface area contributed by atoms with E-state index in [1.165, 1.54) is 0 Å². The second kappa shape index (κ2) is 7.54. The Hall–Kier alpha value is -3.67. The molecule has 5 rings (SSSR count). The molecule has 0 fully saturated rings. The van der Waals surface area contributed by atoms with Crippen LogP contribution in [-0.4, -0.2) is 30.0 Å². The maximum Gasteiger partial charge on any atom is 0.217 e. The Labute approximate surface area is 181 Å². The zero-order chi connectivity index (χ0) is 21.5. The average molecular weight is 416 g/mol. The molecule has 0 aliphatic carbocycles. The van der Waals surface area contributed by atoms with E-state index in [-0.39, 0.29) is 11.8 Å². The number of benzene rings is 3. The van der Waals surface area contributed by atoms with Crippen LogP contribution in [0.4, 0.5) is 0 Å². The molecule has 0 radical (unpaired) electrons. The number of phenols is 1. The van der Waals surface area contributed by atoms with Crippen LogP contribution in [0.5, 0.6) is 23.0 Å². The first-order valence-electron chi connectivity index (χ1n) is 10.2. The molecule has 3 aromatic carbocycles. The van der Waals surface area contributed by atoms with Gasteiger partial charge in [-0.15, -0.1) is 0 Å². The molecule has 2 aliphatic heterocycles. The van der Waals surface area contributed by atoms with Crippen molar-refractivity contribution in [1.29, 1.82) is 0 Å². The smallest absolute Gasteiger partial charge is 0.217 e. The van der Waals surface area contributed by atoms with Crippen molar-refractivity contribution in [3.05, 3.63) is 82.9 Å². The minimum atomic E-state index is -0.467. The lowest BCUT2D eigenvalue weighted by Crippen LogP contribution is -2.33. The zero-order valence-electron chi connectivity index (χ0n) is 17.7. The number of hydrogen-bond acceptors (Lipinski definition) is 6. The molecule has 0 aromatic heterocycles. The van der Waals surface area contributed by atoms with E-state index in [1.54, 1.807) is 20.3 Å². The molecule has 0 amide bonds. The molecule has 1 N–H and O–H groups in total. The molecule has 3 aromatic rings. The monoisotopic (exact) mass is 416 g/mol. The minimum absolute atomic E-state index is 0.00308. The van der Waals surface area contributed by atoms with E-state index in [0.29, 0.717) is 17.9 Å². The van der Waals surface area contributed by atoms with Crippen LogP contribution < -0.4 is 14.2 Å². The average Bonchev–Trinajstić information content (AvgIpc) is 3.25. The fourth-order valence-corrected chi connectivity index (χ4v) is 4.31. The van der Waals surface area contributed by atoms with Crippen molar-refractivity contribution in [3.63, 3.8) is 0 Å². The summed E-state index contributed by atoms with van der Waals surface area (Å²) in [6.07, 6.45) is 0.206. The number of hydrazone groups is 1. The summed E-state index contributed by atoms with van der Waals surface area (Å²) in [5, 5.41) is 17.4. The summed E-state index contributed by atoms with van der Waals surface area (Å²) in [4.78, 5) is 0. The summed E-state index contributed by atoms with van der Waals surface area (Å²) < 4.78 is 17.4. The standard InChI is InChI=1S/C25H24N2O4/c1-15-8-11-22(28)19(12-15)20-14-21-17-6-4-5-7-23(17)31-25(27(21)26-20)18-10-9-16(29-2)13-24(18)30-3/h4-13,21,25,28H,14H2,1-3H3/t21-,25-/m0/s1. The van der Waals surface area contributed by atoms with Gasteiger partial charge in [0.2, 0.25) is 6.23 Å². The van der Waals surface area contributed by atoms with Gasteiger partial charge in [0.25, 0.3) is 0 Å². The summed E-state index contributed by atoms with van der Waals surface area (Å²) >= 11 is 0. The third-order valence-electron chi connectivity index (χ3n) is 5.87. The molecule has 6 heteroatoms. The van der Waals surface area contributed by atoms with Gasteiger partial charge < -0.3 is 19.3 Å². The molecule has 2 heterocycles. The minimum Gasteiger partial charge on any atom is -0.507 e. The molecule has 0 bridgehead atoms. The van der Waals surface area contributed by atoms with Crippen molar-refractivity contribution in [1.82, 2.24) is 5.01 Å². The number of aryl methyl sites for hydroxylation is 1. The second-order valence-electron chi connectivity index (χ2n) is 7.78. The SMILES string of the molecule is COc1ccc([C@@H]2Oc3ccccc3[C@@H]3CC(c4cc(C)ccc4O)=NN32)c(OC)c1. The van der Waals surface area contributed by atoms with Gasteiger partial charge in [-0.2, -0.15) is 5.10 Å². The van der Waals surface area contributed by atoms with Gasteiger partial charge in [-0.3, -0.25) is 0 Å². The number of nitrogens with zero attached hydrogens (tertiary/aromatic N) is 2. The van der Waals surface area contributed by atoms with Crippen molar-refractivity contribution in [3.8, 4) is 23.0 Å². The van der Waals surface area contributed by atoms with Gasteiger partial charge >= 0.3 is 0 Å². The van der Waals surface area contributed by atoms with Crippen molar-refractivity contribution < 1.29 is 19.3 Å². The predicted molar refractivity (Wildman–Crippen MR) is 118 cm³/mol. The van der Waals surface area contributed by atoms with Gasteiger partial charge in [0.1, 0.15) is 23.0 Å². The Morgan fingerprint density at radius 1 is 1.00 bits per heavy atom. The molecule has 0 saturated carbocycles. The van der Waals surface area contributed by atoms with Crippen LogP contribution in [0.3, 0.4) is 0 Å². The van der Waals surface area contributed by atoms with Gasteiger partial charge in [-0.1, -0.05) is 29.8 Å². The van der Waals surface area contributed by atoms with Gasteiger partial charge in [0.15, 0.2) is 0 Å². The largest absolute Gasteiger partial charge is 0.507 e. The zero-order valence-corrected chi connectivity index (χ0v) is 17.7. The Morgan fingerprint density at radius 3 is 2.65 bits per heavy atom. The number of ether oxygens (including phenoxy) is 3. The van der Waals surface area contributed by atoms with Crippen molar-refractivity contribution in [2.75, 3.05) is 14.2 Å². The molecule has 6 nitrogen and oxygen atoms in total. The molecule has 0 unspecified atom stereocenters. The number of para-hydroxylation sites is 1. The van der Waals surface area contributed by atoms with Crippen LogP contribution in [-0.2, 0) is 0 Å². The third kappa shape index (κ3) is 3.24. The van der Waals surface area contributed by atoms with E-state index < -0.39 is 6.23 Å². The van der Waals surface area contributed by atoms with E-state index in [9.17, 15) is 5.11 Å². The third-order valence-corrected chi connectivity index (χ3v) is 5.87. The topological polar surface area (TPSA) is 63.5 Å². The number of hydrogen-bond donors (Lipinski definition) is 1. The molecular formula is C25H24N2O4. The normalized spacial score (nSPS) is 19.2. The lowest BCUT2D eigenvalue weighted by Gasteiger charge is -2.38. The molecule has 2 aliphatic rings. The van der Waals surface area contributed by atoms with E-state index >= 15 is 0 Å². The molecular weight excluding hydrogens is 392 g/mol. The fraction of sp³-hybridized carbons (Fsp3) is 0.240. The number of phenolic OH excluding ortho intramolecular Hbond substituents is 1. The lowest BCUT2D eigenvalue weighted by atomic mass is 9.95. The van der Waals surface area contributed by atoms with Gasteiger partial charge in [0.05, 0.1) is 31.5 Å². The highest BCUT2D eigenvalue weighted by molar-refractivity contribution is 6.04. The number of methoxy groups -OCH3 is 2. The number of aromatic hydroxyl groups is 1. The molecule has 0 spiro atoms. The first-order chi connectivity index (χ1) is 15.1. The predicted octanol–water partition coefficient (Wildman–Crippen LogP) is 4.96. The van der Waals surface area contributed by atoms with Crippen LogP contribution in [0.2, 0.25) is 0 Å². The maximum atomic E-state index is 10.5. The highest BCUT2D eigenvalue weighted by Gasteiger charge is 2.42. The summed E-state index contributed by atoms with van der Waals surface area (Å²) in [7, 11) is 3.26. The number of fused-ring (bicyclic) bond motifs is 3. The Kier molecular flexibility index (Phi) is 4.70. The van der Waals surface area contributed by atoms with Crippen LogP contribution in [0, 0.1) is 6.92 Å². The maximum absolute atomic E-state index is 10.5.